The van der Waals surface area contributed by atoms with Gasteiger partial charge in [0.1, 0.15) is 0 Å². The molecular weight excluding hydrogens is 162 g/mol. The number of halogens is 2. The van der Waals surface area contributed by atoms with E-state index in [-0.39, 0.29) is 11.3 Å². The Kier molecular flexibility index (Phi) is 2.00. The van der Waals surface area contributed by atoms with E-state index in [0.717, 1.165) is 6.92 Å². The number of pyridine rings is 1. The maximum Gasteiger partial charge on any atom is 0.272 e. The molecular formula is C8H10F2N2. The molecule has 2 nitrogen and oxygen atoms in total. The molecule has 0 aliphatic heterocycles. The summed E-state index contributed by atoms with van der Waals surface area (Å²) in [4.78, 5) is 3.74. The topological polar surface area (TPSA) is 38.9 Å². The number of hydrogen-bond acceptors (Lipinski definition) is 2. The van der Waals surface area contributed by atoms with E-state index in [2.05, 4.69) is 4.98 Å². The molecule has 0 aliphatic carbocycles. The van der Waals surface area contributed by atoms with Crippen molar-refractivity contribution in [1.82, 2.24) is 4.98 Å². The molecule has 0 atom stereocenters. The van der Waals surface area contributed by atoms with Gasteiger partial charge in [0.05, 0.1) is 11.9 Å². The van der Waals surface area contributed by atoms with Gasteiger partial charge in [0, 0.05) is 18.2 Å². The van der Waals surface area contributed by atoms with Gasteiger partial charge < -0.3 is 5.73 Å². The first kappa shape index (κ1) is 8.90. The lowest BCUT2D eigenvalue weighted by molar-refractivity contribution is 0.0165. The summed E-state index contributed by atoms with van der Waals surface area (Å²) in [5.41, 5.74) is 5.80. The van der Waals surface area contributed by atoms with Crippen LogP contribution in [-0.4, -0.2) is 4.98 Å². The average Bonchev–Trinajstić information content (AvgIpc) is 1.92. The van der Waals surface area contributed by atoms with Gasteiger partial charge in [0.15, 0.2) is 0 Å². The van der Waals surface area contributed by atoms with Crippen molar-refractivity contribution < 1.29 is 8.78 Å². The first-order chi connectivity index (χ1) is 5.41. The number of anilines is 1. The minimum absolute atomic E-state index is 0.109. The minimum Gasteiger partial charge on any atom is -0.397 e. The van der Waals surface area contributed by atoms with Crippen molar-refractivity contribution in [3.63, 3.8) is 0 Å². The van der Waals surface area contributed by atoms with Crippen molar-refractivity contribution in [3.05, 3.63) is 23.5 Å². The van der Waals surface area contributed by atoms with Crippen LogP contribution >= 0.6 is 0 Å². The Morgan fingerprint density at radius 1 is 1.50 bits per heavy atom. The van der Waals surface area contributed by atoms with Crippen LogP contribution < -0.4 is 5.73 Å². The van der Waals surface area contributed by atoms with E-state index in [1.807, 2.05) is 0 Å². The number of nitrogens with zero attached hydrogens (tertiary/aromatic N) is 1. The molecule has 66 valence electrons. The van der Waals surface area contributed by atoms with E-state index in [4.69, 9.17) is 5.73 Å². The van der Waals surface area contributed by atoms with E-state index >= 15 is 0 Å². The number of rotatable bonds is 1. The summed E-state index contributed by atoms with van der Waals surface area (Å²) in [7, 11) is 0. The lowest BCUT2D eigenvalue weighted by Gasteiger charge is -2.12. The van der Waals surface area contributed by atoms with Crippen LogP contribution in [0, 0.1) is 6.92 Å². The molecule has 0 spiro atoms. The van der Waals surface area contributed by atoms with Gasteiger partial charge in [0.2, 0.25) is 0 Å². The van der Waals surface area contributed by atoms with Gasteiger partial charge in [-0.1, -0.05) is 0 Å². The Balaban J connectivity index is 3.23. The number of hydrogen-bond donors (Lipinski definition) is 1. The summed E-state index contributed by atoms with van der Waals surface area (Å²) in [5, 5.41) is 0. The highest BCUT2D eigenvalue weighted by molar-refractivity contribution is 5.41. The van der Waals surface area contributed by atoms with E-state index in [9.17, 15) is 8.78 Å². The fourth-order valence-electron chi connectivity index (χ4n) is 0.994. The molecule has 1 heterocycles. The molecule has 0 aliphatic rings. The zero-order valence-electron chi connectivity index (χ0n) is 6.94. The molecule has 0 radical (unpaired) electrons. The highest BCUT2D eigenvalue weighted by Gasteiger charge is 2.26. The largest absolute Gasteiger partial charge is 0.397 e. The second kappa shape index (κ2) is 2.69. The maximum atomic E-state index is 12.8. The van der Waals surface area contributed by atoms with Crippen LogP contribution in [0.25, 0.3) is 0 Å². The first-order valence-electron chi connectivity index (χ1n) is 3.51. The van der Waals surface area contributed by atoms with E-state index < -0.39 is 5.92 Å². The van der Waals surface area contributed by atoms with Crippen LogP contribution in [0.3, 0.4) is 0 Å². The monoisotopic (exact) mass is 172 g/mol. The molecule has 0 aromatic carbocycles. The Bertz CT molecular complexity index is 292. The van der Waals surface area contributed by atoms with Crippen LogP contribution in [0.2, 0.25) is 0 Å². The Labute approximate surface area is 69.4 Å². The van der Waals surface area contributed by atoms with Gasteiger partial charge in [-0.25, -0.2) is 8.78 Å². The van der Waals surface area contributed by atoms with Crippen LogP contribution in [0.4, 0.5) is 14.5 Å². The molecule has 0 saturated heterocycles. The smallest absolute Gasteiger partial charge is 0.272 e. The van der Waals surface area contributed by atoms with Crippen LogP contribution in [0.15, 0.2) is 12.3 Å². The molecule has 4 heteroatoms. The molecule has 1 aromatic heterocycles. The van der Waals surface area contributed by atoms with E-state index in [1.54, 1.807) is 0 Å². The first-order valence-corrected chi connectivity index (χ1v) is 3.51. The van der Waals surface area contributed by atoms with Gasteiger partial charge in [-0.3, -0.25) is 4.98 Å². The third kappa shape index (κ3) is 1.69. The summed E-state index contributed by atoms with van der Waals surface area (Å²) < 4.78 is 25.6. The molecule has 2 N–H and O–H groups in total. The van der Waals surface area contributed by atoms with Crippen molar-refractivity contribution in [2.45, 2.75) is 19.8 Å². The van der Waals surface area contributed by atoms with Gasteiger partial charge in [0.25, 0.3) is 5.92 Å². The Morgan fingerprint density at radius 2 is 2.08 bits per heavy atom. The fourth-order valence-corrected chi connectivity index (χ4v) is 0.994. The van der Waals surface area contributed by atoms with Crippen molar-refractivity contribution in [2.24, 2.45) is 0 Å². The number of aryl methyl sites for hydroxylation is 1. The van der Waals surface area contributed by atoms with Crippen molar-refractivity contribution in [1.29, 1.82) is 0 Å². The zero-order valence-corrected chi connectivity index (χ0v) is 6.94. The second-order valence-corrected chi connectivity index (χ2v) is 2.79. The molecule has 1 rings (SSSR count). The second-order valence-electron chi connectivity index (χ2n) is 2.79. The van der Waals surface area contributed by atoms with E-state index in [1.165, 1.54) is 19.2 Å². The SMILES string of the molecule is Cc1ncc(N)cc1C(C)(F)F. The third-order valence-corrected chi connectivity index (χ3v) is 1.58. The van der Waals surface area contributed by atoms with Gasteiger partial charge in [-0.2, -0.15) is 0 Å². The molecule has 0 bridgehead atoms. The van der Waals surface area contributed by atoms with E-state index in [0.29, 0.717) is 5.69 Å². The Morgan fingerprint density at radius 3 is 2.50 bits per heavy atom. The van der Waals surface area contributed by atoms with Crippen molar-refractivity contribution in [3.8, 4) is 0 Å². The van der Waals surface area contributed by atoms with Crippen molar-refractivity contribution >= 4 is 5.69 Å². The molecule has 1 aromatic rings. The number of aromatic nitrogens is 1. The highest BCUT2D eigenvalue weighted by atomic mass is 19.3. The summed E-state index contributed by atoms with van der Waals surface area (Å²) in [6, 6.07) is 1.25. The normalized spacial score (nSPS) is 11.7. The van der Waals surface area contributed by atoms with Crippen LogP contribution in [-0.2, 0) is 5.92 Å². The quantitative estimate of drug-likeness (QED) is 0.704. The van der Waals surface area contributed by atoms with Crippen LogP contribution in [0.5, 0.6) is 0 Å². The fraction of sp³-hybridized carbons (Fsp3) is 0.375. The summed E-state index contributed by atoms with van der Waals surface area (Å²) in [6.07, 6.45) is 1.37. The zero-order chi connectivity index (χ0) is 9.35. The lowest BCUT2D eigenvalue weighted by Crippen LogP contribution is -2.11. The molecule has 0 amide bonds. The summed E-state index contributed by atoms with van der Waals surface area (Å²) in [6.45, 7) is 2.36. The number of nitrogen functional groups attached to an aromatic ring is 1. The maximum absolute atomic E-state index is 12.8. The predicted molar refractivity (Wildman–Crippen MR) is 43.0 cm³/mol. The number of alkyl halides is 2. The molecule has 0 saturated carbocycles. The highest BCUT2D eigenvalue weighted by Crippen LogP contribution is 2.29. The molecule has 0 unspecified atom stereocenters. The van der Waals surface area contributed by atoms with Gasteiger partial charge in [-0.15, -0.1) is 0 Å². The summed E-state index contributed by atoms with van der Waals surface area (Å²) >= 11 is 0. The third-order valence-electron chi connectivity index (χ3n) is 1.58. The number of nitrogens with two attached hydrogens (primary N) is 1. The van der Waals surface area contributed by atoms with Crippen LogP contribution in [0.1, 0.15) is 18.2 Å². The summed E-state index contributed by atoms with van der Waals surface area (Å²) in [5.74, 6) is -2.87. The molecule has 0 fully saturated rings. The average molecular weight is 172 g/mol. The van der Waals surface area contributed by atoms with Gasteiger partial charge in [-0.05, 0) is 13.0 Å². The standard InChI is InChI=1S/C8H10F2N2/c1-5-7(8(2,9)10)3-6(11)4-12-5/h3-4H,11H2,1-2H3. The molecule has 12 heavy (non-hydrogen) atoms. The lowest BCUT2D eigenvalue weighted by atomic mass is 10.1. The van der Waals surface area contributed by atoms with Gasteiger partial charge >= 0.3 is 0 Å². The Hall–Kier alpha value is -1.19. The van der Waals surface area contributed by atoms with Crippen molar-refractivity contribution in [2.75, 3.05) is 5.73 Å². The predicted octanol–water partition coefficient (Wildman–Crippen LogP) is 2.08. The minimum atomic E-state index is -2.87.